The molecular weight excluding hydrogens is 743 g/mol. The van der Waals surface area contributed by atoms with Crippen molar-refractivity contribution < 1.29 is 39.8 Å². The lowest BCUT2D eigenvalue weighted by Crippen LogP contribution is -2.60. The summed E-state index contributed by atoms with van der Waals surface area (Å²) < 4.78 is 11.3. The van der Waals surface area contributed by atoms with Gasteiger partial charge in [0.05, 0.1) is 25.4 Å². The molecule has 59 heavy (non-hydrogen) atoms. The number of nitrogens with one attached hydrogen (secondary N) is 1. The van der Waals surface area contributed by atoms with Crippen LogP contribution in [0.5, 0.6) is 0 Å². The Morgan fingerprint density at radius 3 is 1.51 bits per heavy atom. The molecule has 0 radical (unpaired) electrons. The Bertz CT molecular complexity index is 977. The van der Waals surface area contributed by atoms with Gasteiger partial charge in [-0.05, 0) is 38.5 Å². The van der Waals surface area contributed by atoms with E-state index >= 15 is 0 Å². The fraction of sp³-hybridized carbons (Fsp3) is 0.900. The predicted octanol–water partition coefficient (Wildman–Crippen LogP) is 11.1. The van der Waals surface area contributed by atoms with Crippen molar-refractivity contribution in [1.82, 2.24) is 5.32 Å². The smallest absolute Gasteiger partial charge is 0.220 e. The van der Waals surface area contributed by atoms with Crippen molar-refractivity contribution in [1.29, 1.82) is 0 Å². The number of hydrogen-bond donors (Lipinski definition) is 6. The zero-order valence-electron chi connectivity index (χ0n) is 38.3. The van der Waals surface area contributed by atoms with E-state index in [9.17, 15) is 30.3 Å². The van der Waals surface area contributed by atoms with Gasteiger partial charge in [-0.25, -0.2) is 0 Å². The number of aliphatic hydroxyl groups is 5. The molecule has 0 bridgehead atoms. The second kappa shape index (κ2) is 40.7. The predicted molar refractivity (Wildman–Crippen MR) is 244 cm³/mol. The van der Waals surface area contributed by atoms with Crippen molar-refractivity contribution in [3.05, 3.63) is 24.3 Å². The second-order valence-electron chi connectivity index (χ2n) is 17.6. The number of allylic oxidation sites excluding steroid dienone is 4. The first kappa shape index (κ1) is 55.7. The maximum atomic E-state index is 13.0. The summed E-state index contributed by atoms with van der Waals surface area (Å²) in [5.74, 6) is -0.157. The summed E-state index contributed by atoms with van der Waals surface area (Å²) >= 11 is 0. The molecule has 1 heterocycles. The molecule has 0 aromatic carbocycles. The van der Waals surface area contributed by atoms with Crippen LogP contribution in [0.15, 0.2) is 24.3 Å². The highest BCUT2D eigenvalue weighted by Crippen LogP contribution is 2.23. The number of unbranched alkanes of at least 4 members (excludes halogenated alkanes) is 28. The highest BCUT2D eigenvalue weighted by atomic mass is 16.7. The van der Waals surface area contributed by atoms with Crippen molar-refractivity contribution in [3.8, 4) is 0 Å². The molecule has 0 saturated carbocycles. The van der Waals surface area contributed by atoms with E-state index in [1.165, 1.54) is 141 Å². The number of carbonyl (C=O) groups excluding carboxylic acids is 1. The van der Waals surface area contributed by atoms with Crippen molar-refractivity contribution in [2.75, 3.05) is 13.2 Å². The van der Waals surface area contributed by atoms with E-state index in [0.717, 1.165) is 64.2 Å². The Balaban J connectivity index is 2.26. The summed E-state index contributed by atoms with van der Waals surface area (Å²) in [6, 6.07) is -0.724. The third kappa shape index (κ3) is 31.2. The zero-order chi connectivity index (χ0) is 43.0. The van der Waals surface area contributed by atoms with Crippen LogP contribution in [0.3, 0.4) is 0 Å². The molecule has 1 aliphatic rings. The number of aliphatic hydroxyl groups excluding tert-OH is 5. The molecule has 0 spiro atoms. The Labute approximate surface area is 362 Å². The lowest BCUT2D eigenvalue weighted by Gasteiger charge is -2.40. The number of rotatable bonds is 42. The topological polar surface area (TPSA) is 149 Å². The van der Waals surface area contributed by atoms with Crippen LogP contribution < -0.4 is 5.32 Å². The Hall–Kier alpha value is -1.33. The molecule has 1 fully saturated rings. The third-order valence-electron chi connectivity index (χ3n) is 12.1. The van der Waals surface area contributed by atoms with Gasteiger partial charge < -0.3 is 40.3 Å². The zero-order valence-corrected chi connectivity index (χ0v) is 38.3. The van der Waals surface area contributed by atoms with Gasteiger partial charge in [-0.2, -0.15) is 0 Å². The molecule has 1 aliphatic heterocycles. The Kier molecular flexibility index (Phi) is 38.4. The molecule has 1 amide bonds. The number of amides is 1. The number of ether oxygens (including phenoxy) is 2. The van der Waals surface area contributed by atoms with Gasteiger partial charge in [-0.3, -0.25) is 4.79 Å². The first-order valence-corrected chi connectivity index (χ1v) is 25.0. The average molecular weight is 838 g/mol. The summed E-state index contributed by atoms with van der Waals surface area (Å²) in [7, 11) is 0. The standard InChI is InChI=1S/C50H95NO8/c1-3-5-7-9-11-13-15-17-19-20-21-22-23-24-25-26-27-29-31-33-35-37-39-44(53)43(42-58-50-49(57)48(56)47(55)45(41-52)59-50)51-46(54)40-38-36-34-32-30-28-18-16-14-12-10-8-6-4-2/h10,12,16,18,43-45,47-50,52-53,55-57H,3-9,11,13-15,17,19-42H2,1-2H3,(H,51,54)/b12-10-,18-16-. The van der Waals surface area contributed by atoms with Crippen LogP contribution in [0.4, 0.5) is 0 Å². The fourth-order valence-electron chi connectivity index (χ4n) is 8.00. The Morgan fingerprint density at radius 1 is 0.576 bits per heavy atom. The van der Waals surface area contributed by atoms with Crippen LogP contribution in [-0.4, -0.2) is 87.5 Å². The highest BCUT2D eigenvalue weighted by molar-refractivity contribution is 5.76. The summed E-state index contributed by atoms with van der Waals surface area (Å²) in [6.07, 6.45) is 41.9. The lowest BCUT2D eigenvalue weighted by molar-refractivity contribution is -0.302. The van der Waals surface area contributed by atoms with Gasteiger partial charge in [0.25, 0.3) is 0 Å². The van der Waals surface area contributed by atoms with E-state index in [2.05, 4.69) is 43.5 Å². The van der Waals surface area contributed by atoms with Crippen molar-refractivity contribution in [2.24, 2.45) is 0 Å². The molecule has 0 aromatic rings. The normalized spacial score (nSPS) is 20.8. The molecule has 9 heteroatoms. The summed E-state index contributed by atoms with van der Waals surface area (Å²) in [4.78, 5) is 13.0. The largest absolute Gasteiger partial charge is 0.394 e. The SMILES string of the molecule is CCCC/C=C\C/C=C\CCCCCCCC(=O)NC(COC1OC(CO)C(O)C(O)C1O)C(O)CCCCCCCCCCCCCCCCCCCCCCCC. The summed E-state index contributed by atoms with van der Waals surface area (Å²) in [6.45, 7) is 3.80. The van der Waals surface area contributed by atoms with Crippen molar-refractivity contribution in [3.63, 3.8) is 0 Å². The van der Waals surface area contributed by atoms with E-state index in [0.29, 0.717) is 12.8 Å². The molecule has 6 N–H and O–H groups in total. The second-order valence-corrected chi connectivity index (χ2v) is 17.6. The van der Waals surface area contributed by atoms with Crippen LogP contribution in [0.1, 0.15) is 232 Å². The van der Waals surface area contributed by atoms with E-state index < -0.39 is 49.5 Å². The van der Waals surface area contributed by atoms with Gasteiger partial charge >= 0.3 is 0 Å². The van der Waals surface area contributed by atoms with E-state index in [1.54, 1.807) is 0 Å². The summed E-state index contributed by atoms with van der Waals surface area (Å²) in [5.41, 5.74) is 0. The van der Waals surface area contributed by atoms with Crippen LogP contribution in [0.2, 0.25) is 0 Å². The molecule has 1 rings (SSSR count). The van der Waals surface area contributed by atoms with Crippen LogP contribution >= 0.6 is 0 Å². The molecular formula is C50H95NO8. The third-order valence-corrected chi connectivity index (χ3v) is 12.1. The first-order valence-electron chi connectivity index (χ1n) is 25.0. The van der Waals surface area contributed by atoms with Crippen LogP contribution in [0.25, 0.3) is 0 Å². The maximum absolute atomic E-state index is 13.0. The Morgan fingerprint density at radius 2 is 1.02 bits per heavy atom. The first-order chi connectivity index (χ1) is 28.8. The van der Waals surface area contributed by atoms with Crippen LogP contribution in [0, 0.1) is 0 Å². The molecule has 7 atom stereocenters. The van der Waals surface area contributed by atoms with Gasteiger partial charge in [-0.15, -0.1) is 0 Å². The van der Waals surface area contributed by atoms with E-state index in [1.807, 2.05) is 0 Å². The average Bonchev–Trinajstić information content (AvgIpc) is 3.23. The molecule has 9 nitrogen and oxygen atoms in total. The van der Waals surface area contributed by atoms with Gasteiger partial charge in [0.15, 0.2) is 6.29 Å². The molecule has 7 unspecified atom stereocenters. The van der Waals surface area contributed by atoms with Gasteiger partial charge in [0, 0.05) is 6.42 Å². The highest BCUT2D eigenvalue weighted by Gasteiger charge is 2.44. The number of carbonyl (C=O) groups is 1. The monoisotopic (exact) mass is 838 g/mol. The van der Waals surface area contributed by atoms with E-state index in [-0.39, 0.29) is 12.5 Å². The molecule has 0 aromatic heterocycles. The minimum absolute atomic E-state index is 0.142. The van der Waals surface area contributed by atoms with E-state index in [4.69, 9.17) is 9.47 Å². The fourth-order valence-corrected chi connectivity index (χ4v) is 8.00. The molecule has 1 saturated heterocycles. The quantitative estimate of drug-likeness (QED) is 0.0263. The number of hydrogen-bond acceptors (Lipinski definition) is 8. The van der Waals surface area contributed by atoms with Gasteiger partial charge in [-0.1, -0.05) is 212 Å². The van der Waals surface area contributed by atoms with Crippen molar-refractivity contribution in [2.45, 2.75) is 275 Å². The maximum Gasteiger partial charge on any atom is 0.220 e. The minimum Gasteiger partial charge on any atom is -0.394 e. The van der Waals surface area contributed by atoms with Crippen molar-refractivity contribution >= 4 is 5.91 Å². The molecule has 348 valence electrons. The van der Waals surface area contributed by atoms with Crippen LogP contribution in [-0.2, 0) is 14.3 Å². The van der Waals surface area contributed by atoms with Gasteiger partial charge in [0.1, 0.15) is 24.4 Å². The minimum atomic E-state index is -1.55. The summed E-state index contributed by atoms with van der Waals surface area (Å²) in [5, 5.41) is 54.4. The molecule has 0 aliphatic carbocycles. The lowest BCUT2D eigenvalue weighted by atomic mass is 9.99. The van der Waals surface area contributed by atoms with Gasteiger partial charge in [0.2, 0.25) is 5.91 Å².